The van der Waals surface area contributed by atoms with Crippen LogP contribution < -0.4 is 5.43 Å². The molecule has 1 fully saturated rings. The SMILES string of the molecule is CCC(c1ccccc1)(c1c(C(=O)O)[nH]c2ccccc2c1=O)C1CCN(Cc2cc(-c3ccccn3)no2)CC1. The number of nitrogens with zero attached hydrogens (tertiary/aromatic N) is 3. The maximum absolute atomic E-state index is 14.2. The molecule has 6 rings (SSSR count). The number of aromatic carboxylic acids is 1. The van der Waals surface area contributed by atoms with Gasteiger partial charge in [-0.25, -0.2) is 4.79 Å². The van der Waals surface area contributed by atoms with Crippen molar-refractivity contribution in [3.05, 3.63) is 118 Å². The van der Waals surface area contributed by atoms with Crippen LogP contribution in [0.5, 0.6) is 0 Å². The fraction of sp³-hybridized carbons (Fsp3) is 0.273. The van der Waals surface area contributed by atoms with E-state index in [9.17, 15) is 14.7 Å². The van der Waals surface area contributed by atoms with E-state index in [0.717, 1.165) is 42.9 Å². The summed E-state index contributed by atoms with van der Waals surface area (Å²) in [4.78, 5) is 36.6. The lowest BCUT2D eigenvalue weighted by Crippen LogP contribution is -2.47. The van der Waals surface area contributed by atoms with E-state index < -0.39 is 11.4 Å². The van der Waals surface area contributed by atoms with Crippen LogP contribution >= 0.6 is 0 Å². The van der Waals surface area contributed by atoms with E-state index in [1.807, 2.05) is 60.7 Å². The number of carbonyl (C=O) groups is 1. The Morgan fingerprint density at radius 2 is 1.76 bits per heavy atom. The lowest BCUT2D eigenvalue weighted by Gasteiger charge is -2.45. The maximum atomic E-state index is 14.2. The number of benzene rings is 2. The molecule has 2 N–H and O–H groups in total. The number of nitrogens with one attached hydrogen (secondary N) is 1. The summed E-state index contributed by atoms with van der Waals surface area (Å²) in [6.07, 6.45) is 3.93. The van der Waals surface area contributed by atoms with E-state index in [-0.39, 0.29) is 17.0 Å². The number of carboxylic acid groups (broad SMARTS) is 1. The highest BCUT2D eigenvalue weighted by Gasteiger charge is 2.46. The zero-order valence-corrected chi connectivity index (χ0v) is 22.9. The summed E-state index contributed by atoms with van der Waals surface area (Å²) in [5.41, 5.74) is 2.33. The van der Waals surface area contributed by atoms with Crippen molar-refractivity contribution in [1.82, 2.24) is 20.0 Å². The van der Waals surface area contributed by atoms with Crippen molar-refractivity contribution in [3.8, 4) is 11.4 Å². The summed E-state index contributed by atoms with van der Waals surface area (Å²) < 4.78 is 5.63. The fourth-order valence-corrected chi connectivity index (χ4v) is 6.64. The normalized spacial score (nSPS) is 16.0. The molecule has 208 valence electrons. The average molecular weight is 549 g/mol. The molecule has 0 bridgehead atoms. The highest BCUT2D eigenvalue weighted by Crippen LogP contribution is 2.47. The molecule has 8 nitrogen and oxygen atoms in total. The van der Waals surface area contributed by atoms with Crippen LogP contribution in [0.1, 0.15) is 53.6 Å². The number of rotatable bonds is 8. The number of likely N-dealkylation sites (tertiary alicyclic amines) is 1. The summed E-state index contributed by atoms with van der Waals surface area (Å²) >= 11 is 0. The van der Waals surface area contributed by atoms with Gasteiger partial charge in [-0.05, 0) is 68.1 Å². The Hall–Kier alpha value is -4.56. The molecule has 1 unspecified atom stereocenters. The second-order valence-electron chi connectivity index (χ2n) is 10.7. The Morgan fingerprint density at radius 1 is 1.02 bits per heavy atom. The van der Waals surface area contributed by atoms with Crippen molar-refractivity contribution in [2.24, 2.45) is 5.92 Å². The van der Waals surface area contributed by atoms with Crippen LogP contribution in [0.2, 0.25) is 0 Å². The van der Waals surface area contributed by atoms with Gasteiger partial charge in [-0.2, -0.15) is 0 Å². The molecule has 0 spiro atoms. The number of aromatic nitrogens is 3. The molecule has 0 radical (unpaired) electrons. The van der Waals surface area contributed by atoms with Crippen molar-refractivity contribution >= 4 is 16.9 Å². The molecule has 5 aromatic rings. The van der Waals surface area contributed by atoms with Gasteiger partial charge in [0.15, 0.2) is 11.2 Å². The largest absolute Gasteiger partial charge is 0.477 e. The first kappa shape index (κ1) is 26.7. The highest BCUT2D eigenvalue weighted by atomic mass is 16.5. The van der Waals surface area contributed by atoms with Gasteiger partial charge in [0.05, 0.1) is 12.2 Å². The summed E-state index contributed by atoms with van der Waals surface area (Å²) in [7, 11) is 0. The molecular weight excluding hydrogens is 516 g/mol. The van der Waals surface area contributed by atoms with Crippen LogP contribution in [-0.2, 0) is 12.0 Å². The molecule has 0 amide bonds. The lowest BCUT2D eigenvalue weighted by atomic mass is 9.60. The van der Waals surface area contributed by atoms with Gasteiger partial charge in [0.25, 0.3) is 0 Å². The van der Waals surface area contributed by atoms with Crippen molar-refractivity contribution in [1.29, 1.82) is 0 Å². The number of aromatic amines is 1. The Kier molecular flexibility index (Phi) is 7.24. The smallest absolute Gasteiger partial charge is 0.352 e. The van der Waals surface area contributed by atoms with Crippen LogP contribution in [0.3, 0.4) is 0 Å². The van der Waals surface area contributed by atoms with Crippen LogP contribution in [0, 0.1) is 5.92 Å². The first-order chi connectivity index (χ1) is 20.0. The first-order valence-electron chi connectivity index (χ1n) is 14.0. The zero-order valence-electron chi connectivity index (χ0n) is 22.9. The standard InChI is InChI=1S/C33H32N4O4/c1-2-33(22-10-4-3-5-11-22,29-30(32(39)40)35-26-13-7-6-12-25(26)31(29)38)23-15-18-37(19-16-23)21-24-20-28(36-41-24)27-14-8-9-17-34-27/h3-14,17,20,23H,2,15-16,18-19,21H2,1H3,(H,35,38)(H,39,40). The van der Waals surface area contributed by atoms with Gasteiger partial charge in [0, 0.05) is 34.1 Å². The van der Waals surface area contributed by atoms with Gasteiger partial charge in [-0.3, -0.25) is 14.7 Å². The van der Waals surface area contributed by atoms with Gasteiger partial charge in [-0.1, -0.05) is 60.6 Å². The average Bonchev–Trinajstić information content (AvgIpc) is 3.49. The minimum absolute atomic E-state index is 0.0226. The minimum Gasteiger partial charge on any atom is -0.477 e. The minimum atomic E-state index is -1.12. The quantitative estimate of drug-likeness (QED) is 0.249. The molecule has 41 heavy (non-hydrogen) atoms. The van der Waals surface area contributed by atoms with Crippen molar-refractivity contribution < 1.29 is 14.4 Å². The molecule has 2 aromatic carbocycles. The third kappa shape index (κ3) is 4.85. The molecule has 0 aliphatic carbocycles. The third-order valence-electron chi connectivity index (χ3n) is 8.57. The molecule has 0 saturated carbocycles. The van der Waals surface area contributed by atoms with Crippen molar-refractivity contribution in [3.63, 3.8) is 0 Å². The summed E-state index contributed by atoms with van der Waals surface area (Å²) in [5, 5.41) is 15.1. The molecular formula is C33H32N4O4. The summed E-state index contributed by atoms with van der Waals surface area (Å²) in [6, 6.07) is 24.7. The monoisotopic (exact) mass is 548 g/mol. The first-order valence-corrected chi connectivity index (χ1v) is 14.0. The molecule has 3 aromatic heterocycles. The highest BCUT2D eigenvalue weighted by molar-refractivity contribution is 5.92. The van der Waals surface area contributed by atoms with Crippen molar-refractivity contribution in [2.75, 3.05) is 13.1 Å². The number of carboxylic acids is 1. The molecule has 1 atom stereocenters. The second-order valence-corrected chi connectivity index (χ2v) is 10.7. The summed E-state index contributed by atoms with van der Waals surface area (Å²) in [5.74, 6) is -0.290. The van der Waals surface area contributed by atoms with Crippen LogP contribution in [-0.4, -0.2) is 44.2 Å². The summed E-state index contributed by atoms with van der Waals surface area (Å²) in [6.45, 7) is 4.25. The van der Waals surface area contributed by atoms with Gasteiger partial charge in [0.2, 0.25) is 0 Å². The number of piperidine rings is 1. The Bertz CT molecular complexity index is 1720. The van der Waals surface area contributed by atoms with E-state index >= 15 is 0 Å². The molecule has 8 heteroatoms. The molecule has 1 saturated heterocycles. The van der Waals surface area contributed by atoms with Crippen LogP contribution in [0.15, 0.2) is 94.4 Å². The van der Waals surface area contributed by atoms with E-state index in [4.69, 9.17) is 4.52 Å². The predicted octanol–water partition coefficient (Wildman–Crippen LogP) is 5.88. The van der Waals surface area contributed by atoms with Gasteiger partial charge < -0.3 is 14.6 Å². The molecule has 4 heterocycles. The lowest BCUT2D eigenvalue weighted by molar-refractivity contribution is 0.0683. The fourth-order valence-electron chi connectivity index (χ4n) is 6.64. The Labute approximate surface area is 237 Å². The van der Waals surface area contributed by atoms with Gasteiger partial charge in [-0.15, -0.1) is 0 Å². The third-order valence-corrected chi connectivity index (χ3v) is 8.57. The number of hydrogen-bond donors (Lipinski definition) is 2. The maximum Gasteiger partial charge on any atom is 0.352 e. The number of fused-ring (bicyclic) bond motifs is 1. The number of hydrogen-bond acceptors (Lipinski definition) is 6. The number of H-pyrrole nitrogens is 1. The van der Waals surface area contributed by atoms with Gasteiger partial charge >= 0.3 is 5.97 Å². The second kappa shape index (κ2) is 11.1. The predicted molar refractivity (Wildman–Crippen MR) is 157 cm³/mol. The Balaban J connectivity index is 1.35. The zero-order chi connectivity index (χ0) is 28.4. The van der Waals surface area contributed by atoms with Crippen LogP contribution in [0.4, 0.5) is 0 Å². The van der Waals surface area contributed by atoms with E-state index in [0.29, 0.717) is 35.1 Å². The number of para-hydroxylation sites is 1. The van der Waals surface area contributed by atoms with Crippen LogP contribution in [0.25, 0.3) is 22.3 Å². The Morgan fingerprint density at radius 3 is 2.46 bits per heavy atom. The molecule has 1 aliphatic rings. The van der Waals surface area contributed by atoms with Gasteiger partial charge in [0.1, 0.15) is 11.4 Å². The van der Waals surface area contributed by atoms with E-state index in [1.165, 1.54) is 0 Å². The topological polar surface area (TPSA) is 112 Å². The number of pyridine rings is 2. The van der Waals surface area contributed by atoms with Crippen molar-refractivity contribution in [2.45, 2.75) is 38.1 Å². The van der Waals surface area contributed by atoms with E-state index in [2.05, 4.69) is 26.9 Å². The van der Waals surface area contributed by atoms with E-state index in [1.54, 1.807) is 24.4 Å². The molecule has 1 aliphatic heterocycles.